The number of hydrogen-bond acceptors (Lipinski definition) is 5. The maximum Gasteiger partial charge on any atom is 0.329 e. The molecule has 0 saturated carbocycles. The fourth-order valence-electron chi connectivity index (χ4n) is 2.78. The number of amides is 2. The van der Waals surface area contributed by atoms with E-state index in [1.54, 1.807) is 24.3 Å². The number of carbonyl (C=O) groups is 2. The van der Waals surface area contributed by atoms with Crippen molar-refractivity contribution >= 4 is 29.6 Å². The second-order valence-corrected chi connectivity index (χ2v) is 7.03. The smallest absolute Gasteiger partial charge is 0.329 e. The van der Waals surface area contributed by atoms with Crippen LogP contribution in [-0.4, -0.2) is 25.1 Å². The molecule has 0 atom stereocenters. The molecular formula is C24H22ClN3O4. The summed E-state index contributed by atoms with van der Waals surface area (Å²) < 4.78 is 11.3. The zero-order chi connectivity index (χ0) is 22.8. The molecule has 164 valence electrons. The summed E-state index contributed by atoms with van der Waals surface area (Å²) in [6.45, 7) is 0.460. The van der Waals surface area contributed by atoms with Gasteiger partial charge in [0.1, 0.15) is 6.61 Å². The van der Waals surface area contributed by atoms with Gasteiger partial charge < -0.3 is 14.8 Å². The topological polar surface area (TPSA) is 89.0 Å². The summed E-state index contributed by atoms with van der Waals surface area (Å²) in [6.07, 6.45) is 1.38. The van der Waals surface area contributed by atoms with Crippen LogP contribution in [0.4, 0.5) is 0 Å². The van der Waals surface area contributed by atoms with Gasteiger partial charge in [-0.15, -0.1) is 0 Å². The number of nitrogens with one attached hydrogen (secondary N) is 2. The van der Waals surface area contributed by atoms with Crippen LogP contribution >= 0.6 is 11.6 Å². The van der Waals surface area contributed by atoms with Crippen molar-refractivity contribution in [2.75, 3.05) is 7.11 Å². The molecule has 0 radical (unpaired) electrons. The van der Waals surface area contributed by atoms with E-state index in [1.807, 2.05) is 48.5 Å². The highest BCUT2D eigenvalue weighted by Gasteiger charge is 2.13. The zero-order valence-corrected chi connectivity index (χ0v) is 18.1. The highest BCUT2D eigenvalue weighted by molar-refractivity contribution is 6.35. The van der Waals surface area contributed by atoms with Crippen LogP contribution in [0.25, 0.3) is 0 Å². The van der Waals surface area contributed by atoms with Gasteiger partial charge in [0, 0.05) is 22.7 Å². The van der Waals surface area contributed by atoms with Gasteiger partial charge in [-0.05, 0) is 23.8 Å². The van der Waals surface area contributed by atoms with Crippen LogP contribution in [0.2, 0.25) is 5.02 Å². The first-order valence-corrected chi connectivity index (χ1v) is 10.1. The molecule has 8 heteroatoms. The Balaban J connectivity index is 1.62. The molecule has 7 nitrogen and oxygen atoms in total. The second kappa shape index (κ2) is 11.5. The number of nitrogens with zero attached hydrogens (tertiary/aromatic N) is 1. The zero-order valence-electron chi connectivity index (χ0n) is 17.4. The number of carbonyl (C=O) groups excluding carboxylic acids is 2. The highest BCUT2D eigenvalue weighted by Crippen LogP contribution is 2.31. The Hall–Kier alpha value is -3.84. The summed E-state index contributed by atoms with van der Waals surface area (Å²) in [5, 5.41) is 7.01. The Kier molecular flexibility index (Phi) is 8.22. The predicted octanol–water partition coefficient (Wildman–Crippen LogP) is 3.69. The summed E-state index contributed by atoms with van der Waals surface area (Å²) in [5.74, 6) is -0.736. The first-order valence-electron chi connectivity index (χ1n) is 9.77. The number of hydrazone groups is 1. The minimum absolute atomic E-state index is 0.217. The maximum absolute atomic E-state index is 12.0. The van der Waals surface area contributed by atoms with Gasteiger partial charge in [0.05, 0.1) is 13.3 Å². The molecule has 0 heterocycles. The van der Waals surface area contributed by atoms with Crippen LogP contribution in [-0.2, 0) is 22.7 Å². The molecule has 0 saturated heterocycles. The van der Waals surface area contributed by atoms with Gasteiger partial charge in [-0.3, -0.25) is 9.59 Å². The summed E-state index contributed by atoms with van der Waals surface area (Å²) in [6, 6.07) is 21.9. The van der Waals surface area contributed by atoms with Gasteiger partial charge in [0.2, 0.25) is 0 Å². The molecule has 2 N–H and O–H groups in total. The van der Waals surface area contributed by atoms with Crippen LogP contribution in [0.15, 0.2) is 77.9 Å². The first-order chi connectivity index (χ1) is 15.6. The number of halogens is 1. The number of rotatable bonds is 8. The van der Waals surface area contributed by atoms with E-state index in [-0.39, 0.29) is 13.2 Å². The quantitative estimate of drug-likeness (QED) is 0.310. The molecule has 0 unspecified atom stereocenters. The largest absolute Gasteiger partial charge is 0.493 e. The molecule has 0 spiro atoms. The predicted molar refractivity (Wildman–Crippen MR) is 123 cm³/mol. The van der Waals surface area contributed by atoms with E-state index in [0.29, 0.717) is 22.1 Å². The number of ether oxygens (including phenoxy) is 2. The molecular weight excluding hydrogens is 430 g/mol. The van der Waals surface area contributed by atoms with Crippen molar-refractivity contribution in [2.24, 2.45) is 5.10 Å². The van der Waals surface area contributed by atoms with Gasteiger partial charge in [0.25, 0.3) is 0 Å². The molecule has 3 aromatic carbocycles. The van der Waals surface area contributed by atoms with Gasteiger partial charge in [0.15, 0.2) is 11.5 Å². The van der Waals surface area contributed by atoms with Crippen molar-refractivity contribution in [1.29, 1.82) is 0 Å². The number of hydrogen-bond donors (Lipinski definition) is 2. The van der Waals surface area contributed by atoms with E-state index >= 15 is 0 Å². The van der Waals surface area contributed by atoms with Crippen molar-refractivity contribution < 1.29 is 19.1 Å². The Morgan fingerprint density at radius 2 is 1.72 bits per heavy atom. The molecule has 0 aliphatic heterocycles. The van der Waals surface area contributed by atoms with Crippen molar-refractivity contribution in [1.82, 2.24) is 10.7 Å². The van der Waals surface area contributed by atoms with Crippen LogP contribution in [0.1, 0.15) is 16.7 Å². The Bertz CT molecular complexity index is 1100. The molecule has 2 amide bonds. The van der Waals surface area contributed by atoms with Crippen LogP contribution in [0.3, 0.4) is 0 Å². The van der Waals surface area contributed by atoms with Gasteiger partial charge in [-0.2, -0.15) is 5.10 Å². The monoisotopic (exact) mass is 451 g/mol. The second-order valence-electron chi connectivity index (χ2n) is 6.63. The third-order valence-corrected chi connectivity index (χ3v) is 4.80. The molecule has 0 fully saturated rings. The van der Waals surface area contributed by atoms with Crippen molar-refractivity contribution in [2.45, 2.75) is 13.2 Å². The van der Waals surface area contributed by atoms with E-state index in [9.17, 15) is 9.59 Å². The number of benzene rings is 3. The van der Waals surface area contributed by atoms with Crippen LogP contribution < -0.4 is 20.2 Å². The molecule has 0 aliphatic carbocycles. The number of methoxy groups -OCH3 is 1. The maximum atomic E-state index is 12.0. The van der Waals surface area contributed by atoms with Crippen molar-refractivity contribution in [3.63, 3.8) is 0 Å². The van der Waals surface area contributed by atoms with Crippen LogP contribution in [0.5, 0.6) is 11.5 Å². The highest BCUT2D eigenvalue weighted by atomic mass is 35.5. The lowest BCUT2D eigenvalue weighted by molar-refractivity contribution is -0.139. The first kappa shape index (κ1) is 22.8. The fraction of sp³-hybridized carbons (Fsp3) is 0.125. The summed E-state index contributed by atoms with van der Waals surface area (Å²) in [5.41, 5.74) is 4.47. The van der Waals surface area contributed by atoms with Gasteiger partial charge >= 0.3 is 11.8 Å². The third kappa shape index (κ3) is 6.33. The summed E-state index contributed by atoms with van der Waals surface area (Å²) in [4.78, 5) is 24.0. The molecule has 0 aromatic heterocycles. The summed E-state index contributed by atoms with van der Waals surface area (Å²) in [7, 11) is 1.53. The molecule has 3 aromatic rings. The van der Waals surface area contributed by atoms with E-state index in [4.69, 9.17) is 21.1 Å². The minimum atomic E-state index is -0.876. The Morgan fingerprint density at radius 1 is 0.969 bits per heavy atom. The average Bonchev–Trinajstić information content (AvgIpc) is 2.82. The summed E-state index contributed by atoms with van der Waals surface area (Å²) >= 11 is 6.19. The average molecular weight is 452 g/mol. The van der Waals surface area contributed by atoms with E-state index in [1.165, 1.54) is 13.3 Å². The minimum Gasteiger partial charge on any atom is -0.493 e. The van der Waals surface area contributed by atoms with Crippen molar-refractivity contribution in [3.05, 3.63) is 94.5 Å². The van der Waals surface area contributed by atoms with Gasteiger partial charge in [-0.1, -0.05) is 66.2 Å². The normalized spacial score (nSPS) is 10.6. The fourth-order valence-corrected chi connectivity index (χ4v) is 2.98. The molecule has 32 heavy (non-hydrogen) atoms. The lowest BCUT2D eigenvalue weighted by atomic mass is 10.2. The SMILES string of the molecule is COc1cccc(/C=N\NC(=O)C(=O)NCc2ccccc2)c1OCc1ccccc1Cl. The molecule has 0 aliphatic rings. The van der Waals surface area contributed by atoms with Crippen LogP contribution in [0, 0.1) is 0 Å². The van der Waals surface area contributed by atoms with Gasteiger partial charge in [-0.25, -0.2) is 5.43 Å². The van der Waals surface area contributed by atoms with Crippen molar-refractivity contribution in [3.8, 4) is 11.5 Å². The molecule has 3 rings (SSSR count). The number of para-hydroxylation sites is 1. The third-order valence-electron chi connectivity index (χ3n) is 4.43. The Labute approximate surface area is 191 Å². The standard InChI is InChI=1S/C24H22ClN3O4/c1-31-21-13-7-11-18(22(21)32-16-19-10-5-6-12-20(19)25)15-27-28-24(30)23(29)26-14-17-8-3-2-4-9-17/h2-13,15H,14,16H2,1H3,(H,26,29)(H,28,30)/b27-15-. The van der Waals surface area contributed by atoms with E-state index < -0.39 is 11.8 Å². The van der Waals surface area contributed by atoms with E-state index in [2.05, 4.69) is 15.8 Å². The Morgan fingerprint density at radius 3 is 2.47 bits per heavy atom. The molecule has 0 bridgehead atoms. The van der Waals surface area contributed by atoms with E-state index in [0.717, 1.165) is 11.1 Å². The lowest BCUT2D eigenvalue weighted by Crippen LogP contribution is -2.37. The lowest BCUT2D eigenvalue weighted by Gasteiger charge is -2.13.